The molecule has 0 aromatic heterocycles. The Balaban J connectivity index is 2.28. The lowest BCUT2D eigenvalue weighted by Crippen LogP contribution is -2.20. The van der Waals surface area contributed by atoms with Crippen LogP contribution in [0.15, 0.2) is 59.6 Å². The zero-order valence-electron chi connectivity index (χ0n) is 10.8. The van der Waals surface area contributed by atoms with Gasteiger partial charge in [-0.1, -0.05) is 54.6 Å². The van der Waals surface area contributed by atoms with Crippen LogP contribution < -0.4 is 5.73 Å². The molecule has 0 spiro atoms. The number of carbonyl (C=O) groups is 1. The second kappa shape index (κ2) is 5.96. The summed E-state index contributed by atoms with van der Waals surface area (Å²) in [5.41, 5.74) is 8.33. The predicted octanol–water partition coefficient (Wildman–Crippen LogP) is 2.64. The summed E-state index contributed by atoms with van der Waals surface area (Å²) in [4.78, 5) is 15.8. The van der Waals surface area contributed by atoms with Gasteiger partial charge in [-0.3, -0.25) is 9.79 Å². The van der Waals surface area contributed by atoms with Gasteiger partial charge in [0.15, 0.2) is 6.04 Å². The van der Waals surface area contributed by atoms with E-state index in [0.717, 1.165) is 16.7 Å². The van der Waals surface area contributed by atoms with E-state index in [1.54, 1.807) is 6.21 Å². The molecule has 0 fully saturated rings. The van der Waals surface area contributed by atoms with Crippen molar-refractivity contribution in [2.24, 2.45) is 10.7 Å². The lowest BCUT2D eigenvalue weighted by Gasteiger charge is -2.08. The van der Waals surface area contributed by atoms with Crippen molar-refractivity contribution in [2.45, 2.75) is 13.0 Å². The highest BCUT2D eigenvalue weighted by atomic mass is 16.1. The van der Waals surface area contributed by atoms with E-state index in [9.17, 15) is 4.79 Å². The fraction of sp³-hybridized carbons (Fsp3) is 0.125. The number of nitrogens with two attached hydrogens (primary N) is 1. The largest absolute Gasteiger partial charge is 0.368 e. The predicted molar refractivity (Wildman–Crippen MR) is 77.2 cm³/mol. The maximum absolute atomic E-state index is 11.5. The molecular formula is C16H16N2O. The van der Waals surface area contributed by atoms with E-state index in [-0.39, 0.29) is 0 Å². The summed E-state index contributed by atoms with van der Waals surface area (Å²) in [6.45, 7) is 2.00. The third-order valence-corrected chi connectivity index (χ3v) is 2.94. The van der Waals surface area contributed by atoms with Crippen LogP contribution >= 0.6 is 0 Å². The minimum atomic E-state index is -0.638. The van der Waals surface area contributed by atoms with Gasteiger partial charge in [-0.15, -0.1) is 0 Å². The van der Waals surface area contributed by atoms with Crippen molar-refractivity contribution in [1.29, 1.82) is 0 Å². The van der Waals surface area contributed by atoms with Gasteiger partial charge in [-0.05, 0) is 23.6 Å². The van der Waals surface area contributed by atoms with Crippen LogP contribution in [-0.4, -0.2) is 12.1 Å². The first-order valence-electron chi connectivity index (χ1n) is 6.11. The standard InChI is InChI=1S/C16H16N2O/c1-12-7-5-6-10-14(12)11-18-15(16(17)19)13-8-3-2-4-9-13/h2-11,15H,1H3,(H2,17,19)/t15-/m1/s1. The summed E-state index contributed by atoms with van der Waals surface area (Å²) >= 11 is 0. The third kappa shape index (κ3) is 3.28. The molecule has 1 amide bonds. The smallest absolute Gasteiger partial charge is 0.246 e. The SMILES string of the molecule is Cc1ccccc1C=N[C@@H](C(N)=O)c1ccccc1. The molecule has 2 aromatic carbocycles. The first kappa shape index (κ1) is 13.0. The van der Waals surface area contributed by atoms with Gasteiger partial charge in [0, 0.05) is 6.21 Å². The molecule has 0 aliphatic heterocycles. The van der Waals surface area contributed by atoms with Gasteiger partial charge < -0.3 is 5.73 Å². The van der Waals surface area contributed by atoms with Crippen molar-refractivity contribution >= 4 is 12.1 Å². The normalized spacial score (nSPS) is 12.5. The fourth-order valence-corrected chi connectivity index (χ4v) is 1.85. The Morgan fingerprint density at radius 1 is 1.11 bits per heavy atom. The van der Waals surface area contributed by atoms with Gasteiger partial charge in [0.05, 0.1) is 0 Å². The molecule has 0 unspecified atom stereocenters. The molecule has 2 aromatic rings. The zero-order valence-corrected chi connectivity index (χ0v) is 10.8. The molecule has 0 heterocycles. The molecular weight excluding hydrogens is 236 g/mol. The number of aliphatic imine (C=N–C) groups is 1. The second-order valence-corrected chi connectivity index (χ2v) is 4.35. The van der Waals surface area contributed by atoms with Gasteiger partial charge in [0.2, 0.25) is 5.91 Å². The van der Waals surface area contributed by atoms with Crippen LogP contribution in [0.4, 0.5) is 0 Å². The van der Waals surface area contributed by atoms with E-state index < -0.39 is 11.9 Å². The molecule has 3 nitrogen and oxygen atoms in total. The summed E-state index contributed by atoms with van der Waals surface area (Å²) < 4.78 is 0. The first-order chi connectivity index (χ1) is 9.18. The Morgan fingerprint density at radius 3 is 2.37 bits per heavy atom. The molecule has 0 aliphatic carbocycles. The number of aryl methyl sites for hydroxylation is 1. The lowest BCUT2D eigenvalue weighted by molar-refractivity contribution is -0.119. The summed E-state index contributed by atoms with van der Waals surface area (Å²) in [5.74, 6) is -0.448. The topological polar surface area (TPSA) is 55.4 Å². The maximum Gasteiger partial charge on any atom is 0.246 e. The Kier molecular flexibility index (Phi) is 4.08. The molecule has 0 saturated carbocycles. The van der Waals surface area contributed by atoms with Crippen LogP contribution in [0.3, 0.4) is 0 Å². The van der Waals surface area contributed by atoms with Gasteiger partial charge in [-0.2, -0.15) is 0 Å². The first-order valence-corrected chi connectivity index (χ1v) is 6.11. The fourth-order valence-electron chi connectivity index (χ4n) is 1.85. The minimum absolute atomic E-state index is 0.448. The van der Waals surface area contributed by atoms with Crippen LogP contribution in [0.1, 0.15) is 22.7 Å². The number of primary amides is 1. The van der Waals surface area contributed by atoms with Gasteiger partial charge in [0.25, 0.3) is 0 Å². The van der Waals surface area contributed by atoms with Gasteiger partial charge in [0.1, 0.15) is 0 Å². The molecule has 0 aliphatic rings. The average Bonchev–Trinajstić information content (AvgIpc) is 2.42. The Bertz CT molecular complexity index is 591. The molecule has 19 heavy (non-hydrogen) atoms. The van der Waals surface area contributed by atoms with Crippen LogP contribution in [0, 0.1) is 6.92 Å². The number of nitrogens with zero attached hydrogens (tertiary/aromatic N) is 1. The van der Waals surface area contributed by atoms with Crippen molar-refractivity contribution < 1.29 is 4.79 Å². The highest BCUT2D eigenvalue weighted by molar-refractivity contribution is 5.87. The van der Waals surface area contributed by atoms with Crippen molar-refractivity contribution in [3.8, 4) is 0 Å². The third-order valence-electron chi connectivity index (χ3n) is 2.94. The Morgan fingerprint density at radius 2 is 1.74 bits per heavy atom. The quantitative estimate of drug-likeness (QED) is 0.835. The number of benzene rings is 2. The zero-order chi connectivity index (χ0) is 13.7. The van der Waals surface area contributed by atoms with Gasteiger partial charge >= 0.3 is 0 Å². The Labute approximate surface area is 112 Å². The van der Waals surface area contributed by atoms with E-state index in [1.165, 1.54) is 0 Å². The molecule has 2 N–H and O–H groups in total. The van der Waals surface area contributed by atoms with E-state index >= 15 is 0 Å². The van der Waals surface area contributed by atoms with E-state index in [2.05, 4.69) is 4.99 Å². The molecule has 2 rings (SSSR count). The number of carbonyl (C=O) groups excluding carboxylic acids is 1. The van der Waals surface area contributed by atoms with Crippen LogP contribution in [0.5, 0.6) is 0 Å². The Hall–Kier alpha value is -2.42. The second-order valence-electron chi connectivity index (χ2n) is 4.35. The van der Waals surface area contributed by atoms with E-state index in [4.69, 9.17) is 5.73 Å². The van der Waals surface area contributed by atoms with Crippen LogP contribution in [0.2, 0.25) is 0 Å². The average molecular weight is 252 g/mol. The highest BCUT2D eigenvalue weighted by Crippen LogP contribution is 2.17. The summed E-state index contributed by atoms with van der Waals surface area (Å²) in [6.07, 6.45) is 1.71. The molecule has 0 saturated heterocycles. The number of hydrogen-bond acceptors (Lipinski definition) is 2. The number of rotatable bonds is 4. The van der Waals surface area contributed by atoms with E-state index in [0.29, 0.717) is 0 Å². The lowest BCUT2D eigenvalue weighted by atomic mass is 10.1. The van der Waals surface area contributed by atoms with Crippen LogP contribution in [-0.2, 0) is 4.79 Å². The number of amides is 1. The molecule has 96 valence electrons. The van der Waals surface area contributed by atoms with Crippen molar-refractivity contribution in [3.63, 3.8) is 0 Å². The molecule has 0 radical (unpaired) electrons. The monoisotopic (exact) mass is 252 g/mol. The maximum atomic E-state index is 11.5. The van der Waals surface area contributed by atoms with Crippen molar-refractivity contribution in [2.75, 3.05) is 0 Å². The summed E-state index contributed by atoms with van der Waals surface area (Å²) in [6, 6.07) is 16.6. The van der Waals surface area contributed by atoms with Crippen molar-refractivity contribution in [3.05, 3.63) is 71.3 Å². The summed E-state index contributed by atoms with van der Waals surface area (Å²) in [5, 5.41) is 0. The minimum Gasteiger partial charge on any atom is -0.368 e. The van der Waals surface area contributed by atoms with Crippen molar-refractivity contribution in [1.82, 2.24) is 0 Å². The van der Waals surface area contributed by atoms with Gasteiger partial charge in [-0.25, -0.2) is 0 Å². The highest BCUT2D eigenvalue weighted by Gasteiger charge is 2.15. The van der Waals surface area contributed by atoms with E-state index in [1.807, 2.05) is 61.5 Å². The number of hydrogen-bond donors (Lipinski definition) is 1. The summed E-state index contributed by atoms with van der Waals surface area (Å²) in [7, 11) is 0. The molecule has 1 atom stereocenters. The molecule has 3 heteroatoms. The van der Waals surface area contributed by atoms with Crippen LogP contribution in [0.25, 0.3) is 0 Å². The molecule has 0 bridgehead atoms.